The van der Waals surface area contributed by atoms with Gasteiger partial charge in [0.25, 0.3) is 0 Å². The number of likely N-dealkylation sites (tertiary alicyclic amines) is 1. The van der Waals surface area contributed by atoms with Gasteiger partial charge in [0, 0.05) is 32.6 Å². The molecule has 0 radical (unpaired) electrons. The summed E-state index contributed by atoms with van der Waals surface area (Å²) < 4.78 is 0. The lowest BCUT2D eigenvalue weighted by Gasteiger charge is -2.34. The third kappa shape index (κ3) is 5.24. The minimum atomic E-state index is -0.256. The number of piperidine rings is 1. The van der Waals surface area contributed by atoms with Gasteiger partial charge in [-0.3, -0.25) is 14.6 Å². The summed E-state index contributed by atoms with van der Waals surface area (Å²) in [5.74, 6) is 0.739. The number of carbonyl (C=O) groups excluding carboxylic acids is 2. The number of nitrogens with zero attached hydrogens (tertiary/aromatic N) is 2. The highest BCUT2D eigenvalue weighted by molar-refractivity contribution is 5.86. The second-order valence-electron chi connectivity index (χ2n) is 5.87. The molecule has 1 unspecified atom stereocenters. The van der Waals surface area contributed by atoms with E-state index >= 15 is 0 Å². The Balaban J connectivity index is 1.79. The third-order valence-electron chi connectivity index (χ3n) is 3.87. The molecule has 2 aliphatic rings. The van der Waals surface area contributed by atoms with Crippen molar-refractivity contribution in [1.82, 2.24) is 15.5 Å². The van der Waals surface area contributed by atoms with Crippen molar-refractivity contribution in [2.75, 3.05) is 26.7 Å². The maximum absolute atomic E-state index is 11.7. The molecule has 0 spiro atoms. The Morgan fingerprint density at radius 3 is 2.71 bits per heavy atom. The number of primary amides is 1. The largest absolute Gasteiger partial charge is 0.370 e. The summed E-state index contributed by atoms with van der Waals surface area (Å²) in [5.41, 5.74) is 5.27. The predicted octanol–water partition coefficient (Wildman–Crippen LogP) is -0.572. The van der Waals surface area contributed by atoms with E-state index in [-0.39, 0.29) is 24.3 Å². The molecule has 0 bridgehead atoms. The highest BCUT2D eigenvalue weighted by Crippen LogP contribution is 2.19. The van der Waals surface area contributed by atoms with Crippen LogP contribution in [0.15, 0.2) is 4.99 Å². The number of nitrogens with one attached hydrogen (secondary N) is 2. The number of nitrogens with two attached hydrogens (primary N) is 1. The number of carbonyl (C=O) groups is 2. The van der Waals surface area contributed by atoms with Crippen LogP contribution >= 0.6 is 0 Å². The van der Waals surface area contributed by atoms with Gasteiger partial charge in [-0.1, -0.05) is 0 Å². The zero-order valence-electron chi connectivity index (χ0n) is 12.6. The van der Waals surface area contributed by atoms with Crippen molar-refractivity contribution in [2.45, 2.75) is 38.1 Å². The van der Waals surface area contributed by atoms with Crippen molar-refractivity contribution < 1.29 is 9.59 Å². The molecule has 2 rings (SSSR count). The van der Waals surface area contributed by atoms with Crippen molar-refractivity contribution in [3.63, 3.8) is 0 Å². The zero-order chi connectivity index (χ0) is 15.2. The molecule has 1 atom stereocenters. The van der Waals surface area contributed by atoms with E-state index in [0.717, 1.165) is 44.7 Å². The summed E-state index contributed by atoms with van der Waals surface area (Å²) in [6.45, 7) is 1.88. The minimum absolute atomic E-state index is 0.00402. The third-order valence-corrected chi connectivity index (χ3v) is 3.87. The molecule has 118 valence electrons. The van der Waals surface area contributed by atoms with Gasteiger partial charge in [0.1, 0.15) is 0 Å². The van der Waals surface area contributed by atoms with E-state index in [2.05, 4.69) is 20.5 Å². The van der Waals surface area contributed by atoms with Crippen molar-refractivity contribution in [1.29, 1.82) is 0 Å². The zero-order valence-corrected chi connectivity index (χ0v) is 12.6. The van der Waals surface area contributed by atoms with Crippen molar-refractivity contribution in [3.8, 4) is 0 Å². The lowest BCUT2D eigenvalue weighted by molar-refractivity contribution is -0.120. The fraction of sp³-hybridized carbons (Fsp3) is 0.786. The van der Waals surface area contributed by atoms with Gasteiger partial charge < -0.3 is 21.3 Å². The van der Waals surface area contributed by atoms with Crippen LogP contribution in [0.2, 0.25) is 0 Å². The van der Waals surface area contributed by atoms with Crippen LogP contribution < -0.4 is 16.4 Å². The first-order valence-corrected chi connectivity index (χ1v) is 7.61. The number of guanidine groups is 1. The lowest BCUT2D eigenvalue weighted by atomic mass is 9.95. The fourth-order valence-corrected chi connectivity index (χ4v) is 2.71. The monoisotopic (exact) mass is 295 g/mol. The summed E-state index contributed by atoms with van der Waals surface area (Å²) in [4.78, 5) is 29.1. The van der Waals surface area contributed by atoms with Gasteiger partial charge in [0.15, 0.2) is 5.96 Å². The van der Waals surface area contributed by atoms with Crippen LogP contribution in [0.25, 0.3) is 0 Å². The van der Waals surface area contributed by atoms with Crippen LogP contribution in [0.3, 0.4) is 0 Å². The van der Waals surface area contributed by atoms with Gasteiger partial charge >= 0.3 is 0 Å². The molecular formula is C14H25N5O2. The summed E-state index contributed by atoms with van der Waals surface area (Å²) in [5, 5.41) is 6.03. The average Bonchev–Trinajstić information content (AvgIpc) is 3.23. The maximum atomic E-state index is 11.7. The summed E-state index contributed by atoms with van der Waals surface area (Å²) in [7, 11) is 1.71. The second-order valence-corrected chi connectivity index (χ2v) is 5.87. The molecule has 4 N–H and O–H groups in total. The average molecular weight is 295 g/mol. The second kappa shape index (κ2) is 7.28. The van der Waals surface area contributed by atoms with Crippen molar-refractivity contribution in [3.05, 3.63) is 0 Å². The van der Waals surface area contributed by atoms with Gasteiger partial charge in [-0.2, -0.15) is 0 Å². The first-order valence-electron chi connectivity index (χ1n) is 7.61. The number of amides is 2. The molecule has 0 aromatic rings. The quantitative estimate of drug-likeness (QED) is 0.467. The molecule has 1 heterocycles. The van der Waals surface area contributed by atoms with E-state index in [4.69, 9.17) is 5.73 Å². The Kier molecular flexibility index (Phi) is 5.41. The summed E-state index contributed by atoms with van der Waals surface area (Å²) in [6.07, 6.45) is 4.60. The molecular weight excluding hydrogens is 270 g/mol. The maximum Gasteiger partial charge on any atom is 0.239 e. The van der Waals surface area contributed by atoms with Gasteiger partial charge in [-0.25, -0.2) is 0 Å². The Hall–Kier alpha value is -1.79. The number of hydrogen-bond donors (Lipinski definition) is 3. The van der Waals surface area contributed by atoms with Crippen LogP contribution in [-0.2, 0) is 9.59 Å². The molecule has 0 aromatic heterocycles. The number of aliphatic imine (C=N–C) groups is 1. The number of rotatable bonds is 5. The Morgan fingerprint density at radius 1 is 1.33 bits per heavy atom. The van der Waals surface area contributed by atoms with E-state index in [1.54, 1.807) is 7.05 Å². The normalized spacial score (nSPS) is 22.8. The highest BCUT2D eigenvalue weighted by Gasteiger charge is 2.25. The molecule has 2 fully saturated rings. The predicted molar refractivity (Wildman–Crippen MR) is 80.6 cm³/mol. The smallest absolute Gasteiger partial charge is 0.239 e. The van der Waals surface area contributed by atoms with Crippen LogP contribution in [0, 0.1) is 5.92 Å². The molecule has 0 aromatic carbocycles. The van der Waals surface area contributed by atoms with Gasteiger partial charge in [-0.15, -0.1) is 0 Å². The van der Waals surface area contributed by atoms with Crippen molar-refractivity contribution in [2.24, 2.45) is 16.6 Å². The Morgan fingerprint density at radius 2 is 2.10 bits per heavy atom. The fourth-order valence-electron chi connectivity index (χ4n) is 2.71. The molecule has 7 nitrogen and oxygen atoms in total. The SMILES string of the molecule is CN=C(NCC(=O)NC1CC1)N1CCCC(CC(N)=O)C1. The Labute approximate surface area is 125 Å². The summed E-state index contributed by atoms with van der Waals surface area (Å²) in [6, 6.07) is 0.372. The molecule has 1 aliphatic heterocycles. The van der Waals surface area contributed by atoms with Gasteiger partial charge in [0.2, 0.25) is 11.8 Å². The first-order chi connectivity index (χ1) is 10.1. The topological polar surface area (TPSA) is 99.8 Å². The van der Waals surface area contributed by atoms with Crippen molar-refractivity contribution >= 4 is 17.8 Å². The van der Waals surface area contributed by atoms with E-state index in [9.17, 15) is 9.59 Å². The number of hydrogen-bond acceptors (Lipinski definition) is 3. The van der Waals surface area contributed by atoms with Gasteiger partial charge in [-0.05, 0) is 31.6 Å². The first kappa shape index (κ1) is 15.6. The van der Waals surface area contributed by atoms with Crippen LogP contribution in [0.1, 0.15) is 32.1 Å². The molecule has 21 heavy (non-hydrogen) atoms. The summed E-state index contributed by atoms with van der Waals surface area (Å²) >= 11 is 0. The van der Waals surface area contributed by atoms with E-state index in [1.165, 1.54) is 0 Å². The van der Waals surface area contributed by atoms with Crippen LogP contribution in [-0.4, -0.2) is 55.4 Å². The molecule has 1 saturated heterocycles. The van der Waals surface area contributed by atoms with E-state index in [0.29, 0.717) is 12.5 Å². The molecule has 1 saturated carbocycles. The van der Waals surface area contributed by atoms with E-state index < -0.39 is 0 Å². The van der Waals surface area contributed by atoms with Crippen LogP contribution in [0.4, 0.5) is 0 Å². The molecule has 7 heteroatoms. The molecule has 2 amide bonds. The Bertz CT molecular complexity index is 420. The molecule has 1 aliphatic carbocycles. The minimum Gasteiger partial charge on any atom is -0.370 e. The van der Waals surface area contributed by atoms with Gasteiger partial charge in [0.05, 0.1) is 6.54 Å². The standard InChI is InChI=1S/C14H25N5O2/c1-16-14(17-8-13(21)18-11-4-5-11)19-6-2-3-10(9-19)7-12(15)20/h10-11H,2-9H2,1H3,(H2,15,20)(H,16,17)(H,18,21). The lowest BCUT2D eigenvalue weighted by Crippen LogP contribution is -2.49. The van der Waals surface area contributed by atoms with Crippen LogP contribution in [0.5, 0.6) is 0 Å². The van der Waals surface area contributed by atoms with E-state index in [1.807, 2.05) is 0 Å². The highest BCUT2D eigenvalue weighted by atomic mass is 16.2.